The summed E-state index contributed by atoms with van der Waals surface area (Å²) in [6.07, 6.45) is 0. The van der Waals surface area contributed by atoms with Gasteiger partial charge in [0, 0.05) is 0 Å². The van der Waals surface area contributed by atoms with Gasteiger partial charge in [-0.2, -0.15) is 0 Å². The number of hydrogen-bond acceptors (Lipinski definition) is 1. The Labute approximate surface area is 97.0 Å². The second-order valence-corrected chi connectivity index (χ2v) is 1.54. The van der Waals surface area contributed by atoms with Gasteiger partial charge in [-0.3, -0.25) is 0 Å². The first-order valence-electron chi connectivity index (χ1n) is 0.783. The smallest absolute Gasteiger partial charge is 1.00 e. The van der Waals surface area contributed by atoms with Crippen LogP contribution in [0.3, 0.4) is 0 Å². The van der Waals surface area contributed by atoms with E-state index < -0.39 is 7.82 Å². The Morgan fingerprint density at radius 1 is 1.25 bits per heavy atom. The Morgan fingerprint density at radius 2 is 1.25 bits per heavy atom. The fourth-order valence-electron chi connectivity index (χ4n) is 0. The molecule has 50 valence electrons. The summed E-state index contributed by atoms with van der Waals surface area (Å²) in [5.74, 6) is 0. The van der Waals surface area contributed by atoms with Crippen molar-refractivity contribution in [1.29, 1.82) is 0 Å². The Kier molecular flexibility index (Phi) is 25.5. The SMILES string of the molecule is O.O=P(O)(O)O.[AlH3].[H-].[H-].[Sr+2]. The molecule has 0 atom stereocenters. The fraction of sp³-hybridized carbons (Fsp3) is 0. The summed E-state index contributed by atoms with van der Waals surface area (Å²) in [5, 5.41) is 0. The van der Waals surface area contributed by atoms with Gasteiger partial charge in [0.2, 0.25) is 0 Å². The summed E-state index contributed by atoms with van der Waals surface area (Å²) < 4.78 is 8.88. The zero-order chi connectivity index (χ0) is 4.50. The van der Waals surface area contributed by atoms with Crippen LogP contribution in [0.2, 0.25) is 0 Å². The Hall–Kier alpha value is 2.08. The maximum Gasteiger partial charge on any atom is 2.00 e. The van der Waals surface area contributed by atoms with Crippen LogP contribution in [-0.2, 0) is 4.57 Å². The van der Waals surface area contributed by atoms with Gasteiger partial charge in [-0.25, -0.2) is 4.57 Å². The Bertz CT molecular complexity index is 65.8. The van der Waals surface area contributed by atoms with E-state index in [4.69, 9.17) is 19.2 Å². The zero-order valence-corrected chi connectivity index (χ0v) is 7.77. The molecule has 0 spiro atoms. The van der Waals surface area contributed by atoms with Crippen LogP contribution < -0.4 is 0 Å². The van der Waals surface area contributed by atoms with Crippen LogP contribution >= 0.6 is 7.82 Å². The van der Waals surface area contributed by atoms with Crippen molar-refractivity contribution in [2.24, 2.45) is 0 Å². The molecule has 0 heterocycles. The van der Waals surface area contributed by atoms with Gasteiger partial charge in [-0.05, 0) is 0 Å². The van der Waals surface area contributed by atoms with Crippen LogP contribution in [0.15, 0.2) is 0 Å². The minimum atomic E-state index is -4.64. The van der Waals surface area contributed by atoms with Crippen molar-refractivity contribution in [3.63, 3.8) is 0 Å². The maximum atomic E-state index is 8.88. The molecule has 0 aromatic carbocycles. The van der Waals surface area contributed by atoms with Gasteiger partial charge in [0.05, 0.1) is 0 Å². The van der Waals surface area contributed by atoms with Gasteiger partial charge in [0.25, 0.3) is 0 Å². The minimum absolute atomic E-state index is 0. The summed E-state index contributed by atoms with van der Waals surface area (Å²) in [6, 6.07) is 0. The van der Waals surface area contributed by atoms with Crippen molar-refractivity contribution < 1.29 is 27.6 Å². The number of phosphoric acid groups is 1. The summed E-state index contributed by atoms with van der Waals surface area (Å²) in [6.45, 7) is 0. The molecule has 5 N–H and O–H groups in total. The van der Waals surface area contributed by atoms with E-state index in [-0.39, 0.29) is 71.2 Å². The molecule has 0 saturated heterocycles. The van der Waals surface area contributed by atoms with Crippen molar-refractivity contribution in [1.82, 2.24) is 0 Å². The molecule has 0 aliphatic rings. The quantitative estimate of drug-likeness (QED) is 0.305. The van der Waals surface area contributed by atoms with Gasteiger partial charge in [0.1, 0.15) is 0 Å². The Morgan fingerprint density at radius 3 is 1.25 bits per heavy atom. The third-order valence-corrected chi connectivity index (χ3v) is 0. The van der Waals surface area contributed by atoms with Gasteiger partial charge in [-0.1, -0.05) is 0 Å². The average Bonchev–Trinajstić information content (AvgIpc) is 0.722. The monoisotopic (exact) mass is 236 g/mol. The molecule has 0 fully saturated rings. The van der Waals surface area contributed by atoms with Crippen LogP contribution in [0, 0.1) is 0 Å². The van der Waals surface area contributed by atoms with E-state index in [1.165, 1.54) is 0 Å². The minimum Gasteiger partial charge on any atom is -1.00 e. The number of rotatable bonds is 0. The molecule has 0 aliphatic heterocycles. The molecule has 0 saturated carbocycles. The topological polar surface area (TPSA) is 109 Å². The van der Waals surface area contributed by atoms with Crippen molar-refractivity contribution in [3.8, 4) is 0 Å². The van der Waals surface area contributed by atoms with Crippen LogP contribution in [0.4, 0.5) is 0 Å². The van der Waals surface area contributed by atoms with Gasteiger partial charge >= 0.3 is 53.3 Å². The number of hydrogen-bond donors (Lipinski definition) is 3. The largest absolute Gasteiger partial charge is 2.00 e. The van der Waals surface area contributed by atoms with Crippen LogP contribution in [-0.4, -0.2) is 83.0 Å². The molecular formula is H10AlO5PSr. The van der Waals surface area contributed by atoms with E-state index in [0.29, 0.717) is 0 Å². The van der Waals surface area contributed by atoms with Crippen LogP contribution in [0.25, 0.3) is 0 Å². The predicted molar refractivity (Wildman–Crippen MR) is 35.8 cm³/mol. The first kappa shape index (κ1) is 22.5. The summed E-state index contributed by atoms with van der Waals surface area (Å²) in [5.41, 5.74) is 0. The standard InChI is InChI=1S/Al.H3O4P.H2O.Sr.5H/c;1-5(2,3)4;;;;;;;/h;(H3,1,2,3,4);1H2;;;;;;/q;;;+2;;;;2*-1. The third-order valence-electron chi connectivity index (χ3n) is 0. The van der Waals surface area contributed by atoms with E-state index in [0.717, 1.165) is 0 Å². The molecule has 8 heteroatoms. The molecule has 0 aromatic rings. The fourth-order valence-corrected chi connectivity index (χ4v) is 0. The molecule has 0 aliphatic carbocycles. The zero-order valence-electron chi connectivity index (χ0n) is 5.40. The third kappa shape index (κ3) is 93.5. The first-order valence-corrected chi connectivity index (χ1v) is 2.35. The maximum absolute atomic E-state index is 8.88. The molecule has 0 aromatic heterocycles. The molecule has 0 bridgehead atoms. The van der Waals surface area contributed by atoms with E-state index in [1.54, 1.807) is 0 Å². The van der Waals surface area contributed by atoms with E-state index in [9.17, 15) is 0 Å². The molecule has 0 rings (SSSR count). The van der Waals surface area contributed by atoms with Crippen molar-refractivity contribution in [2.45, 2.75) is 0 Å². The first-order chi connectivity index (χ1) is 2.00. The molecule has 0 amide bonds. The van der Waals surface area contributed by atoms with E-state index in [2.05, 4.69) is 0 Å². The van der Waals surface area contributed by atoms with Crippen LogP contribution in [0.1, 0.15) is 2.85 Å². The van der Waals surface area contributed by atoms with Gasteiger partial charge in [0.15, 0.2) is 17.4 Å². The summed E-state index contributed by atoms with van der Waals surface area (Å²) in [7, 11) is -4.64. The Balaban J connectivity index is -0.00000000800. The van der Waals surface area contributed by atoms with Crippen molar-refractivity contribution in [2.75, 3.05) is 0 Å². The summed E-state index contributed by atoms with van der Waals surface area (Å²) >= 11 is 0. The van der Waals surface area contributed by atoms with Gasteiger partial charge < -0.3 is 23.0 Å². The molecular weight excluding hydrogens is 226 g/mol. The second kappa shape index (κ2) is 9.08. The molecule has 0 radical (unpaired) electrons. The second-order valence-electron chi connectivity index (χ2n) is 0.513. The van der Waals surface area contributed by atoms with E-state index >= 15 is 0 Å². The van der Waals surface area contributed by atoms with Crippen molar-refractivity contribution in [3.05, 3.63) is 0 Å². The van der Waals surface area contributed by atoms with Crippen molar-refractivity contribution >= 4 is 70.7 Å². The normalized spacial score (nSPS) is 7.38. The molecule has 5 nitrogen and oxygen atoms in total. The predicted octanol–water partition coefficient (Wildman–Crippen LogP) is -3.09. The average molecular weight is 236 g/mol. The van der Waals surface area contributed by atoms with Gasteiger partial charge in [-0.15, -0.1) is 0 Å². The summed E-state index contributed by atoms with van der Waals surface area (Å²) in [4.78, 5) is 21.6. The van der Waals surface area contributed by atoms with Crippen LogP contribution in [0.5, 0.6) is 0 Å². The van der Waals surface area contributed by atoms with E-state index in [1.807, 2.05) is 0 Å². The molecule has 8 heavy (non-hydrogen) atoms. The molecule has 0 unspecified atom stereocenters.